The molecule has 0 bridgehead atoms. The monoisotopic (exact) mass is 512 g/mol. The first-order valence-electron chi connectivity index (χ1n) is 9.01. The van der Waals surface area contributed by atoms with Gasteiger partial charge >= 0.3 is 43.8 Å². The first-order valence-corrected chi connectivity index (χ1v) is 9.01. The summed E-state index contributed by atoms with van der Waals surface area (Å²) in [7, 11) is -5.21. The molecule has 2 aromatic carbocycles. The van der Waals surface area contributed by atoms with Gasteiger partial charge in [0.05, 0.1) is 10.9 Å². The molecule has 0 amide bonds. The maximum Gasteiger partial charge on any atom is 1.00 e. The smallest absolute Gasteiger partial charge is 0.870 e. The maximum atomic E-state index is 13.3. The number of halogens is 8. The summed E-state index contributed by atoms with van der Waals surface area (Å²) in [6.07, 6.45) is 0. The fourth-order valence-corrected chi connectivity index (χ4v) is 2.80. The van der Waals surface area contributed by atoms with Crippen molar-refractivity contribution in [3.8, 4) is 0 Å². The van der Waals surface area contributed by atoms with Crippen LogP contribution in [0.25, 0.3) is 0 Å². The molecule has 0 aliphatic rings. The molecule has 0 heterocycles. The Morgan fingerprint density at radius 2 is 0.647 bits per heavy atom. The molecule has 5 nitrogen and oxygen atoms in total. The Kier molecular flexibility index (Phi) is 14.2. The van der Waals surface area contributed by atoms with Crippen molar-refractivity contribution in [1.82, 2.24) is 0 Å². The average Bonchev–Trinajstić information content (AvgIpc) is 2.65. The number of rotatable bonds is 4. The molecule has 34 heavy (non-hydrogen) atoms. The van der Waals surface area contributed by atoms with E-state index in [9.17, 15) is 35.1 Å². The van der Waals surface area contributed by atoms with E-state index in [-0.39, 0.29) is 35.0 Å². The fourth-order valence-electron chi connectivity index (χ4n) is 2.80. The first-order chi connectivity index (χ1) is 14.6. The third-order valence-corrected chi connectivity index (χ3v) is 4.33. The predicted molar refractivity (Wildman–Crippen MR) is 102 cm³/mol. The van der Waals surface area contributed by atoms with Crippen LogP contribution in [0.5, 0.6) is 0 Å². The van der Waals surface area contributed by atoms with Gasteiger partial charge in [-0.3, -0.25) is 0 Å². The van der Waals surface area contributed by atoms with Crippen LogP contribution in [0.2, 0.25) is 0 Å². The summed E-state index contributed by atoms with van der Waals surface area (Å²) in [5, 5.41) is 34.4. The largest absolute Gasteiger partial charge is 1.00 e. The van der Waals surface area contributed by atoms with Crippen molar-refractivity contribution in [2.24, 2.45) is 0 Å². The summed E-state index contributed by atoms with van der Waals surface area (Å²) in [5.74, 6) is -15.1. The Morgan fingerprint density at radius 3 is 0.765 bits per heavy atom. The van der Waals surface area contributed by atoms with Gasteiger partial charge in [0.1, 0.15) is 0 Å². The minimum Gasteiger partial charge on any atom is -0.870 e. The summed E-state index contributed by atoms with van der Waals surface area (Å²) >= 11 is 0. The van der Waals surface area contributed by atoms with Gasteiger partial charge in [-0.25, -0.2) is 35.1 Å². The van der Waals surface area contributed by atoms with Gasteiger partial charge in [-0.1, -0.05) is 27.7 Å². The molecule has 0 aliphatic heterocycles. The minimum absolute atomic E-state index is 0. The normalized spacial score (nSPS) is 10.4. The fraction of sp³-hybridized carbons (Fsp3) is 0.333. The number of hydrogen-bond acceptors (Lipinski definition) is 5. The average molecular weight is 512 g/mol. The van der Waals surface area contributed by atoms with Gasteiger partial charge in [0.2, 0.25) is 0 Å². The van der Waals surface area contributed by atoms with Crippen molar-refractivity contribution in [2.75, 3.05) is 0 Å². The van der Waals surface area contributed by atoms with E-state index in [0.29, 0.717) is 0 Å². The SMILES string of the molecule is CC(C)c1c(F)c(F)c(B(O)O)c(F)c1F.CC(C)c1c(F)c(F)c(B(O)O)c(F)c1F.[Na+].[OH-]. The van der Waals surface area contributed by atoms with Gasteiger partial charge in [-0.2, -0.15) is 0 Å². The summed E-state index contributed by atoms with van der Waals surface area (Å²) in [6.45, 7) is 5.43. The van der Waals surface area contributed by atoms with Gasteiger partial charge < -0.3 is 25.6 Å². The van der Waals surface area contributed by atoms with Crippen LogP contribution in [0, 0.1) is 46.5 Å². The van der Waals surface area contributed by atoms with Gasteiger partial charge in [0.15, 0.2) is 46.5 Å². The second-order valence-electron chi connectivity index (χ2n) is 7.22. The van der Waals surface area contributed by atoms with Crippen molar-refractivity contribution in [2.45, 2.75) is 39.5 Å². The van der Waals surface area contributed by atoms with E-state index in [1.165, 1.54) is 27.7 Å². The van der Waals surface area contributed by atoms with E-state index in [4.69, 9.17) is 20.1 Å². The number of hydrogen-bond donors (Lipinski definition) is 4. The van der Waals surface area contributed by atoms with E-state index >= 15 is 0 Å². The topological polar surface area (TPSA) is 111 Å². The standard InChI is InChI=1S/2C9H9BF4O2.Na.H2O/c2*1-3(2)4-6(11)8(13)5(10(15)16)9(14)7(4)12;;/h2*3,15-16H,1-2H3;;1H2/q;;+1;/p-1. The minimum atomic E-state index is -2.61. The Balaban J connectivity index is 0. The molecule has 0 spiro atoms. The molecule has 0 aromatic heterocycles. The van der Waals surface area contributed by atoms with E-state index in [1.807, 2.05) is 0 Å². The molecule has 0 saturated carbocycles. The molecule has 0 aliphatic carbocycles. The zero-order valence-electron chi connectivity index (χ0n) is 18.6. The molecule has 2 aromatic rings. The molecular formula is C18H19B2F8NaO5. The van der Waals surface area contributed by atoms with Gasteiger partial charge in [-0.05, 0) is 11.8 Å². The third kappa shape index (κ3) is 6.94. The summed E-state index contributed by atoms with van der Waals surface area (Å²) in [5.41, 5.74) is -4.34. The Hall–Kier alpha value is -1.19. The maximum absolute atomic E-state index is 13.3. The molecular weight excluding hydrogens is 493 g/mol. The van der Waals surface area contributed by atoms with Crippen molar-refractivity contribution in [3.05, 3.63) is 57.7 Å². The van der Waals surface area contributed by atoms with Gasteiger partial charge in [0.25, 0.3) is 0 Å². The van der Waals surface area contributed by atoms with Gasteiger partial charge in [0, 0.05) is 11.1 Å². The molecule has 2 rings (SSSR count). The zero-order chi connectivity index (χ0) is 25.2. The Bertz CT molecular complexity index is 794. The van der Waals surface area contributed by atoms with Crippen molar-refractivity contribution in [3.63, 3.8) is 0 Å². The Morgan fingerprint density at radius 1 is 0.471 bits per heavy atom. The van der Waals surface area contributed by atoms with E-state index in [1.54, 1.807) is 0 Å². The Labute approximate surface area is 212 Å². The van der Waals surface area contributed by atoms with Crippen molar-refractivity contribution >= 4 is 25.2 Å². The van der Waals surface area contributed by atoms with Crippen molar-refractivity contribution in [1.29, 1.82) is 0 Å². The van der Waals surface area contributed by atoms with Crippen LogP contribution in [-0.4, -0.2) is 39.8 Å². The second kappa shape index (κ2) is 13.8. The second-order valence-corrected chi connectivity index (χ2v) is 7.22. The van der Waals surface area contributed by atoms with Crippen LogP contribution in [-0.2, 0) is 0 Å². The summed E-state index contributed by atoms with van der Waals surface area (Å²) in [6, 6.07) is 0. The molecule has 0 radical (unpaired) electrons. The molecule has 5 N–H and O–H groups in total. The summed E-state index contributed by atoms with van der Waals surface area (Å²) < 4.78 is 106. The molecule has 0 fully saturated rings. The molecule has 0 atom stereocenters. The van der Waals surface area contributed by atoms with Crippen LogP contribution in [0.1, 0.15) is 50.7 Å². The third-order valence-electron chi connectivity index (χ3n) is 4.33. The molecule has 0 saturated heterocycles. The quantitative estimate of drug-likeness (QED) is 0.237. The molecule has 184 valence electrons. The zero-order valence-corrected chi connectivity index (χ0v) is 20.6. The van der Waals surface area contributed by atoms with Crippen molar-refractivity contribution < 1.29 is 90.3 Å². The van der Waals surface area contributed by atoms with Crippen LogP contribution < -0.4 is 40.5 Å². The molecule has 0 unspecified atom stereocenters. The van der Waals surface area contributed by atoms with Gasteiger partial charge in [-0.15, -0.1) is 0 Å². The number of benzene rings is 2. The van der Waals surface area contributed by atoms with E-state index < -0.39 is 94.7 Å². The van der Waals surface area contributed by atoms with E-state index in [2.05, 4.69) is 0 Å². The predicted octanol–water partition coefficient (Wildman–Crippen LogP) is -1.08. The van der Waals surface area contributed by atoms with E-state index in [0.717, 1.165) is 0 Å². The first kappa shape index (κ1) is 35.0. The van der Waals surface area contributed by atoms with Crippen LogP contribution in [0.3, 0.4) is 0 Å². The van der Waals surface area contributed by atoms with Crippen LogP contribution in [0.4, 0.5) is 35.1 Å². The van der Waals surface area contributed by atoms with Crippen LogP contribution in [0.15, 0.2) is 0 Å². The van der Waals surface area contributed by atoms with Crippen LogP contribution >= 0.6 is 0 Å². The summed E-state index contributed by atoms with van der Waals surface area (Å²) in [4.78, 5) is 0. The molecule has 16 heteroatoms.